The lowest BCUT2D eigenvalue weighted by molar-refractivity contribution is -0.151. The lowest BCUT2D eigenvalue weighted by Crippen LogP contribution is -2.47. The van der Waals surface area contributed by atoms with E-state index >= 15 is 0 Å². The number of ether oxygens (including phenoxy) is 1. The van der Waals surface area contributed by atoms with E-state index in [-0.39, 0.29) is 18.4 Å². The fourth-order valence-electron chi connectivity index (χ4n) is 3.03. The molecule has 1 rings (SSSR count). The van der Waals surface area contributed by atoms with Gasteiger partial charge in [0.1, 0.15) is 6.10 Å². The van der Waals surface area contributed by atoms with Crippen LogP contribution in [0.5, 0.6) is 0 Å². The fourth-order valence-corrected chi connectivity index (χ4v) is 6.50. The number of halogens is 6. The van der Waals surface area contributed by atoms with E-state index in [4.69, 9.17) is 4.74 Å². The Morgan fingerprint density at radius 3 is 1.76 bits per heavy atom. The molecular weight excluding hydrogens is 454 g/mol. The molecule has 0 heterocycles. The maximum Gasteiger partial charge on any atom is 0.498 e. The lowest BCUT2D eigenvalue weighted by atomic mass is 9.98. The minimum Gasteiger partial charge on any atom is -0.462 e. The molecule has 0 aliphatic heterocycles. The van der Waals surface area contributed by atoms with Crippen LogP contribution in [-0.2, 0) is 29.2 Å². The van der Waals surface area contributed by atoms with Gasteiger partial charge in [0, 0.05) is 6.42 Å². The predicted octanol–water partition coefficient (Wildman–Crippen LogP) is 3.64. The SMILES string of the molecule is C=C(C)CC(=O)OC(CC(S(=O)(=O)C(F)(F)F)S(=O)(=O)C(F)(F)F)C1CCCC1. The largest absolute Gasteiger partial charge is 0.498 e. The Balaban J connectivity index is 3.41. The van der Waals surface area contributed by atoms with Crippen LogP contribution in [0, 0.1) is 5.92 Å². The molecule has 29 heavy (non-hydrogen) atoms. The first-order valence-electron chi connectivity index (χ1n) is 8.35. The molecule has 0 bridgehead atoms. The van der Waals surface area contributed by atoms with Gasteiger partial charge in [-0.25, -0.2) is 16.8 Å². The molecule has 170 valence electrons. The predicted molar refractivity (Wildman–Crippen MR) is 89.6 cm³/mol. The zero-order chi connectivity index (χ0) is 22.8. The molecule has 1 unspecified atom stereocenters. The van der Waals surface area contributed by atoms with Gasteiger partial charge in [0.15, 0.2) is 4.58 Å². The third-order valence-electron chi connectivity index (χ3n) is 4.42. The summed E-state index contributed by atoms with van der Waals surface area (Å²) in [4.78, 5) is 11.9. The first-order valence-corrected chi connectivity index (χ1v) is 11.4. The summed E-state index contributed by atoms with van der Waals surface area (Å²) in [5.74, 6) is -1.82. The van der Waals surface area contributed by atoms with E-state index < -0.39 is 66.1 Å². The number of hydrogen-bond donors (Lipinski definition) is 0. The summed E-state index contributed by atoms with van der Waals surface area (Å²) in [6.07, 6.45) is -2.33. The first kappa shape index (κ1) is 25.7. The summed E-state index contributed by atoms with van der Waals surface area (Å²) in [6, 6.07) is 0. The molecule has 1 saturated carbocycles. The van der Waals surface area contributed by atoms with Crippen LogP contribution >= 0.6 is 0 Å². The van der Waals surface area contributed by atoms with Gasteiger partial charge in [-0.05, 0) is 25.7 Å². The number of sulfone groups is 2. The Morgan fingerprint density at radius 1 is 1.00 bits per heavy atom. The van der Waals surface area contributed by atoms with E-state index in [1.165, 1.54) is 6.92 Å². The second-order valence-corrected chi connectivity index (χ2v) is 11.4. The average molecular weight is 474 g/mol. The van der Waals surface area contributed by atoms with Crippen LogP contribution in [0.4, 0.5) is 26.3 Å². The molecule has 1 aliphatic carbocycles. The van der Waals surface area contributed by atoms with Gasteiger partial charge in [0.05, 0.1) is 6.42 Å². The molecule has 1 atom stereocenters. The van der Waals surface area contributed by atoms with Crippen LogP contribution in [0.25, 0.3) is 0 Å². The third kappa shape index (κ3) is 6.09. The van der Waals surface area contributed by atoms with Crippen molar-refractivity contribution in [3.63, 3.8) is 0 Å². The second-order valence-electron chi connectivity index (χ2n) is 6.85. The van der Waals surface area contributed by atoms with Gasteiger partial charge < -0.3 is 4.74 Å². The molecule has 1 aliphatic rings. The third-order valence-corrected chi connectivity index (χ3v) is 9.00. The Bertz CT molecular complexity index is 778. The first-order chi connectivity index (χ1) is 12.9. The van der Waals surface area contributed by atoms with E-state index in [0.717, 1.165) is 0 Å². The van der Waals surface area contributed by atoms with Crippen LogP contribution in [0.3, 0.4) is 0 Å². The summed E-state index contributed by atoms with van der Waals surface area (Å²) < 4.78 is 125. The van der Waals surface area contributed by atoms with Crippen molar-refractivity contribution in [3.8, 4) is 0 Å². The Morgan fingerprint density at radius 2 is 1.41 bits per heavy atom. The van der Waals surface area contributed by atoms with Crippen molar-refractivity contribution < 1.29 is 52.7 Å². The summed E-state index contributed by atoms with van der Waals surface area (Å²) in [5.41, 5.74) is -12.2. The molecule has 0 aromatic carbocycles. The topological polar surface area (TPSA) is 94.6 Å². The number of carbonyl (C=O) groups excluding carboxylic acids is 1. The second kappa shape index (κ2) is 8.82. The molecule has 6 nitrogen and oxygen atoms in total. The minimum absolute atomic E-state index is 0.232. The van der Waals surface area contributed by atoms with Crippen molar-refractivity contribution in [2.75, 3.05) is 0 Å². The lowest BCUT2D eigenvalue weighted by Gasteiger charge is -2.28. The van der Waals surface area contributed by atoms with Crippen molar-refractivity contribution >= 4 is 25.6 Å². The van der Waals surface area contributed by atoms with Crippen LogP contribution in [0.15, 0.2) is 12.2 Å². The number of rotatable bonds is 8. The zero-order valence-electron chi connectivity index (χ0n) is 15.2. The average Bonchev–Trinajstić information content (AvgIpc) is 3.01. The van der Waals surface area contributed by atoms with E-state index in [1.807, 2.05) is 0 Å². The van der Waals surface area contributed by atoms with Crippen LogP contribution < -0.4 is 0 Å². The fraction of sp³-hybridized carbons (Fsp3) is 0.800. The van der Waals surface area contributed by atoms with Crippen molar-refractivity contribution in [2.45, 2.75) is 67.2 Å². The summed E-state index contributed by atoms with van der Waals surface area (Å²) in [5, 5.41) is 0. The number of carbonyl (C=O) groups is 1. The monoisotopic (exact) mass is 474 g/mol. The number of alkyl halides is 6. The molecule has 0 spiro atoms. The quantitative estimate of drug-likeness (QED) is 0.303. The highest BCUT2D eigenvalue weighted by Crippen LogP contribution is 2.41. The summed E-state index contributed by atoms with van der Waals surface area (Å²) in [6.45, 7) is 4.83. The Kier molecular flexibility index (Phi) is 7.82. The molecular formula is C15H20F6O6S2. The Labute approximate surface area is 164 Å². The molecule has 0 amide bonds. The van der Waals surface area contributed by atoms with Gasteiger partial charge in [0.2, 0.25) is 0 Å². The maximum absolute atomic E-state index is 12.9. The molecule has 14 heteroatoms. The van der Waals surface area contributed by atoms with Gasteiger partial charge in [-0.15, -0.1) is 0 Å². The molecule has 0 aromatic rings. The maximum atomic E-state index is 12.9. The van der Waals surface area contributed by atoms with Crippen molar-refractivity contribution in [3.05, 3.63) is 12.2 Å². The Hall–Kier alpha value is -1.31. The summed E-state index contributed by atoms with van der Waals surface area (Å²) >= 11 is 0. The number of hydrogen-bond acceptors (Lipinski definition) is 6. The number of esters is 1. The molecule has 0 aromatic heterocycles. The normalized spacial score (nSPS) is 18.1. The van der Waals surface area contributed by atoms with Gasteiger partial charge in [-0.3, -0.25) is 4.79 Å². The summed E-state index contributed by atoms with van der Waals surface area (Å²) in [7, 11) is -13.6. The van der Waals surface area contributed by atoms with E-state index in [1.54, 1.807) is 0 Å². The highest BCUT2D eigenvalue weighted by Gasteiger charge is 2.63. The van der Waals surface area contributed by atoms with Gasteiger partial charge in [0.25, 0.3) is 19.7 Å². The van der Waals surface area contributed by atoms with Crippen molar-refractivity contribution in [2.24, 2.45) is 5.92 Å². The van der Waals surface area contributed by atoms with E-state index in [2.05, 4.69) is 6.58 Å². The van der Waals surface area contributed by atoms with Crippen molar-refractivity contribution in [1.29, 1.82) is 0 Å². The van der Waals surface area contributed by atoms with Crippen LogP contribution in [0.2, 0.25) is 0 Å². The van der Waals surface area contributed by atoms with E-state index in [0.29, 0.717) is 12.8 Å². The highest BCUT2D eigenvalue weighted by atomic mass is 32.3. The zero-order valence-corrected chi connectivity index (χ0v) is 16.8. The highest BCUT2D eigenvalue weighted by molar-refractivity contribution is 8.09. The molecule has 1 fully saturated rings. The van der Waals surface area contributed by atoms with Crippen molar-refractivity contribution in [1.82, 2.24) is 0 Å². The van der Waals surface area contributed by atoms with Gasteiger partial charge in [-0.1, -0.05) is 25.0 Å². The molecule has 0 N–H and O–H groups in total. The molecule has 0 saturated heterocycles. The molecule has 0 radical (unpaired) electrons. The van der Waals surface area contributed by atoms with Crippen LogP contribution in [0.1, 0.15) is 45.4 Å². The standard InChI is InChI=1S/C15H20F6O6S2/c1-9(2)7-12(22)27-11(10-5-3-4-6-10)8-13(28(23,24)14(16,17)18)29(25,26)15(19,20)21/h10-11,13H,1,3-8H2,2H3. The van der Waals surface area contributed by atoms with E-state index in [9.17, 15) is 48.0 Å². The van der Waals surface area contributed by atoms with Gasteiger partial charge in [-0.2, -0.15) is 26.3 Å². The van der Waals surface area contributed by atoms with Crippen LogP contribution in [-0.4, -0.2) is 44.5 Å². The minimum atomic E-state index is -6.78. The smallest absolute Gasteiger partial charge is 0.462 e. The van der Waals surface area contributed by atoms with Gasteiger partial charge >= 0.3 is 17.0 Å².